The van der Waals surface area contributed by atoms with Crippen molar-refractivity contribution >= 4 is 5.91 Å². The Morgan fingerprint density at radius 3 is 2.96 bits per heavy atom. The molecule has 2 rings (SSSR count). The number of aliphatic hydroxyl groups is 1. The van der Waals surface area contributed by atoms with Crippen molar-refractivity contribution in [2.75, 3.05) is 45.9 Å². The average molecular weight is 353 g/mol. The third-order valence-electron chi connectivity index (χ3n) is 5.68. The fraction of sp³-hybridized carbons (Fsp3) is 0.850. The number of aliphatic hydroxyl groups excluding tert-OH is 1. The summed E-state index contributed by atoms with van der Waals surface area (Å²) in [4.78, 5) is 17.0. The van der Waals surface area contributed by atoms with Crippen molar-refractivity contribution in [1.29, 1.82) is 0 Å². The molecule has 0 aliphatic carbocycles. The maximum absolute atomic E-state index is 12.6. The highest BCUT2D eigenvalue weighted by atomic mass is 16.5. The predicted molar refractivity (Wildman–Crippen MR) is 100 cm³/mol. The minimum atomic E-state index is -0.297. The molecule has 0 unspecified atom stereocenters. The van der Waals surface area contributed by atoms with Gasteiger partial charge in [0.1, 0.15) is 0 Å². The van der Waals surface area contributed by atoms with Crippen LogP contribution in [-0.4, -0.2) is 72.9 Å². The molecule has 0 saturated carbocycles. The van der Waals surface area contributed by atoms with E-state index in [4.69, 9.17) is 4.74 Å². The number of likely N-dealkylation sites (tertiary alicyclic amines) is 2. The number of allylic oxidation sites excluding steroid dienone is 2. The zero-order chi connectivity index (χ0) is 18.1. The standard InChI is InChI=1S/C20H36N2O3/c1-3-5-6-7-9-19(24)22-12-8-11-20(17-22)16-21(13-10-18(20)23)14-15-25-4-2/h3,5,18,23H,4,6-17H2,1-2H3/b5-3+/t18-,20-/m1/s1. The van der Waals surface area contributed by atoms with E-state index in [-0.39, 0.29) is 17.4 Å². The van der Waals surface area contributed by atoms with Crippen molar-refractivity contribution in [3.8, 4) is 0 Å². The number of carbonyl (C=O) groups is 1. The van der Waals surface area contributed by atoms with Crippen LogP contribution in [0.3, 0.4) is 0 Å². The summed E-state index contributed by atoms with van der Waals surface area (Å²) < 4.78 is 5.49. The van der Waals surface area contributed by atoms with Gasteiger partial charge in [-0.25, -0.2) is 0 Å². The number of hydrogen-bond acceptors (Lipinski definition) is 4. The Labute approximate surface area is 153 Å². The lowest BCUT2D eigenvalue weighted by Crippen LogP contribution is -2.60. The summed E-state index contributed by atoms with van der Waals surface area (Å²) in [6, 6.07) is 0. The minimum Gasteiger partial charge on any atom is -0.392 e. The molecule has 25 heavy (non-hydrogen) atoms. The van der Waals surface area contributed by atoms with E-state index in [0.717, 1.165) is 71.5 Å². The molecule has 5 heteroatoms. The molecule has 0 radical (unpaired) electrons. The number of rotatable bonds is 8. The summed E-state index contributed by atoms with van der Waals surface area (Å²) in [5.74, 6) is 0.252. The van der Waals surface area contributed by atoms with Crippen LogP contribution in [0.25, 0.3) is 0 Å². The topological polar surface area (TPSA) is 53.0 Å². The molecular formula is C20H36N2O3. The SMILES string of the molecule is C/C=C/CCCC(=O)N1CCC[C@@]2(CN(CCOCC)CC[C@H]2O)C1. The predicted octanol–water partition coefficient (Wildman–Crippen LogP) is 2.44. The first-order valence-electron chi connectivity index (χ1n) is 9.98. The van der Waals surface area contributed by atoms with Gasteiger partial charge in [-0.05, 0) is 46.0 Å². The van der Waals surface area contributed by atoms with Crippen molar-refractivity contribution in [2.24, 2.45) is 5.41 Å². The molecule has 5 nitrogen and oxygen atoms in total. The zero-order valence-corrected chi connectivity index (χ0v) is 16.1. The van der Waals surface area contributed by atoms with Gasteiger partial charge in [0.15, 0.2) is 0 Å². The highest BCUT2D eigenvalue weighted by molar-refractivity contribution is 5.76. The Bertz CT molecular complexity index is 441. The summed E-state index contributed by atoms with van der Waals surface area (Å²) in [7, 11) is 0. The Kier molecular flexibility index (Phi) is 8.40. The van der Waals surface area contributed by atoms with Crippen molar-refractivity contribution in [3.63, 3.8) is 0 Å². The molecule has 1 amide bonds. The van der Waals surface area contributed by atoms with E-state index in [1.807, 2.05) is 24.8 Å². The number of carbonyl (C=O) groups excluding carboxylic acids is 1. The Morgan fingerprint density at radius 1 is 1.36 bits per heavy atom. The maximum Gasteiger partial charge on any atom is 0.222 e. The molecular weight excluding hydrogens is 316 g/mol. The molecule has 144 valence electrons. The summed E-state index contributed by atoms with van der Waals surface area (Å²) in [5.41, 5.74) is -0.151. The van der Waals surface area contributed by atoms with Gasteiger partial charge in [0.25, 0.3) is 0 Å². The van der Waals surface area contributed by atoms with Gasteiger partial charge < -0.3 is 19.6 Å². The van der Waals surface area contributed by atoms with Gasteiger partial charge in [0, 0.05) is 51.2 Å². The number of piperidine rings is 2. The second-order valence-corrected chi connectivity index (χ2v) is 7.52. The van der Waals surface area contributed by atoms with Gasteiger partial charge in [-0.2, -0.15) is 0 Å². The van der Waals surface area contributed by atoms with Crippen LogP contribution < -0.4 is 0 Å². The van der Waals surface area contributed by atoms with Crippen molar-refractivity contribution in [2.45, 2.75) is 58.5 Å². The van der Waals surface area contributed by atoms with E-state index in [9.17, 15) is 9.90 Å². The van der Waals surface area contributed by atoms with Crippen LogP contribution in [0.2, 0.25) is 0 Å². The normalized spacial score (nSPS) is 28.1. The van der Waals surface area contributed by atoms with Crippen LogP contribution in [0.4, 0.5) is 0 Å². The van der Waals surface area contributed by atoms with E-state index < -0.39 is 0 Å². The number of nitrogens with zero attached hydrogens (tertiary/aromatic N) is 2. The summed E-state index contributed by atoms with van der Waals surface area (Å²) >= 11 is 0. The van der Waals surface area contributed by atoms with E-state index in [1.165, 1.54) is 0 Å². The zero-order valence-electron chi connectivity index (χ0n) is 16.1. The van der Waals surface area contributed by atoms with Crippen LogP contribution in [0.5, 0.6) is 0 Å². The van der Waals surface area contributed by atoms with Crippen LogP contribution in [0.1, 0.15) is 52.4 Å². The molecule has 0 aromatic heterocycles. The van der Waals surface area contributed by atoms with E-state index in [0.29, 0.717) is 13.0 Å². The molecule has 2 fully saturated rings. The fourth-order valence-corrected chi connectivity index (χ4v) is 4.24. The maximum atomic E-state index is 12.6. The first-order chi connectivity index (χ1) is 12.1. The van der Waals surface area contributed by atoms with Gasteiger partial charge in [-0.1, -0.05) is 12.2 Å². The molecule has 2 aliphatic heterocycles. The molecule has 1 N–H and O–H groups in total. The number of unbranched alkanes of at least 4 members (excludes halogenated alkanes) is 1. The molecule has 2 saturated heterocycles. The largest absolute Gasteiger partial charge is 0.392 e. The average Bonchev–Trinajstić information content (AvgIpc) is 2.62. The number of hydrogen-bond donors (Lipinski definition) is 1. The summed E-state index contributed by atoms with van der Waals surface area (Å²) in [6.07, 6.45) is 9.17. The molecule has 0 bridgehead atoms. The lowest BCUT2D eigenvalue weighted by molar-refractivity contribution is -0.141. The Morgan fingerprint density at radius 2 is 2.20 bits per heavy atom. The van der Waals surface area contributed by atoms with Gasteiger partial charge in [-0.15, -0.1) is 0 Å². The second kappa shape index (κ2) is 10.3. The first kappa shape index (κ1) is 20.4. The van der Waals surface area contributed by atoms with E-state index in [1.54, 1.807) is 0 Å². The van der Waals surface area contributed by atoms with Gasteiger partial charge in [0.05, 0.1) is 12.7 Å². The number of ether oxygens (including phenoxy) is 1. The molecule has 0 aromatic rings. The highest BCUT2D eigenvalue weighted by Crippen LogP contribution is 2.39. The van der Waals surface area contributed by atoms with Crippen molar-refractivity contribution in [1.82, 2.24) is 9.80 Å². The first-order valence-corrected chi connectivity index (χ1v) is 9.98. The molecule has 1 spiro atoms. The lowest BCUT2D eigenvalue weighted by Gasteiger charge is -2.51. The van der Waals surface area contributed by atoms with Crippen molar-refractivity contribution in [3.05, 3.63) is 12.2 Å². The molecule has 0 aromatic carbocycles. The molecule has 2 heterocycles. The van der Waals surface area contributed by atoms with Crippen LogP contribution in [0, 0.1) is 5.41 Å². The van der Waals surface area contributed by atoms with Crippen LogP contribution in [0.15, 0.2) is 12.2 Å². The third kappa shape index (κ3) is 5.80. The quantitative estimate of drug-likeness (QED) is 0.538. The third-order valence-corrected chi connectivity index (χ3v) is 5.68. The monoisotopic (exact) mass is 352 g/mol. The minimum absolute atomic E-state index is 0.151. The van der Waals surface area contributed by atoms with Gasteiger partial charge in [-0.3, -0.25) is 4.79 Å². The lowest BCUT2D eigenvalue weighted by atomic mass is 9.71. The molecule has 2 atom stereocenters. The summed E-state index contributed by atoms with van der Waals surface area (Å²) in [6.45, 7) is 9.79. The smallest absolute Gasteiger partial charge is 0.222 e. The molecule has 2 aliphatic rings. The van der Waals surface area contributed by atoms with E-state index >= 15 is 0 Å². The fourth-order valence-electron chi connectivity index (χ4n) is 4.24. The van der Waals surface area contributed by atoms with E-state index in [2.05, 4.69) is 11.0 Å². The van der Waals surface area contributed by atoms with Crippen LogP contribution in [-0.2, 0) is 9.53 Å². The summed E-state index contributed by atoms with van der Waals surface area (Å²) in [5, 5.41) is 10.7. The Balaban J connectivity index is 1.90. The van der Waals surface area contributed by atoms with Crippen molar-refractivity contribution < 1.29 is 14.6 Å². The van der Waals surface area contributed by atoms with Crippen LogP contribution >= 0.6 is 0 Å². The highest BCUT2D eigenvalue weighted by Gasteiger charge is 2.46. The van der Waals surface area contributed by atoms with Gasteiger partial charge >= 0.3 is 0 Å². The van der Waals surface area contributed by atoms with Gasteiger partial charge in [0.2, 0.25) is 5.91 Å². The number of amides is 1. The Hall–Kier alpha value is -0.910. The second-order valence-electron chi connectivity index (χ2n) is 7.52.